The molecule has 1 fully saturated rings. The molecule has 26 heavy (non-hydrogen) atoms. The van der Waals surface area contributed by atoms with E-state index >= 15 is 0 Å². The number of carbonyl (C=O) groups excluding carboxylic acids is 1. The molecule has 1 aromatic carbocycles. The van der Waals surface area contributed by atoms with Gasteiger partial charge in [-0.2, -0.15) is 4.39 Å². The Morgan fingerprint density at radius 3 is 2.54 bits per heavy atom. The van der Waals surface area contributed by atoms with Crippen molar-refractivity contribution < 1.29 is 13.6 Å². The van der Waals surface area contributed by atoms with Crippen LogP contribution in [0.4, 0.5) is 20.2 Å². The van der Waals surface area contributed by atoms with E-state index in [0.29, 0.717) is 17.4 Å². The number of amides is 1. The van der Waals surface area contributed by atoms with Crippen LogP contribution in [0, 0.1) is 11.8 Å². The normalized spacial score (nSPS) is 15.3. The number of anilines is 2. The first-order chi connectivity index (χ1) is 12.4. The second-order valence-electron chi connectivity index (χ2n) is 6.67. The third-order valence-electron chi connectivity index (χ3n) is 4.73. The second-order valence-corrected chi connectivity index (χ2v) is 6.67. The number of halogens is 2. The summed E-state index contributed by atoms with van der Waals surface area (Å²) in [5.41, 5.74) is 1.000. The molecule has 1 aromatic heterocycles. The van der Waals surface area contributed by atoms with E-state index in [1.165, 1.54) is 18.3 Å². The fourth-order valence-corrected chi connectivity index (χ4v) is 3.21. The highest BCUT2D eigenvalue weighted by molar-refractivity contribution is 6.04. The Hall–Kier alpha value is -2.54. The van der Waals surface area contributed by atoms with Gasteiger partial charge in [0.1, 0.15) is 5.82 Å². The Morgan fingerprint density at radius 1 is 1.19 bits per heavy atom. The van der Waals surface area contributed by atoms with Crippen molar-refractivity contribution in [2.75, 3.05) is 37.4 Å². The van der Waals surface area contributed by atoms with E-state index < -0.39 is 11.9 Å². The average molecular weight is 360 g/mol. The van der Waals surface area contributed by atoms with Gasteiger partial charge >= 0.3 is 0 Å². The lowest BCUT2D eigenvalue weighted by molar-refractivity contribution is 0.102. The van der Waals surface area contributed by atoms with Crippen LogP contribution >= 0.6 is 0 Å². The summed E-state index contributed by atoms with van der Waals surface area (Å²) in [7, 11) is 4.13. The summed E-state index contributed by atoms with van der Waals surface area (Å²) >= 11 is 0. The number of rotatable bonds is 4. The van der Waals surface area contributed by atoms with Gasteiger partial charge in [0.25, 0.3) is 5.91 Å². The van der Waals surface area contributed by atoms with Crippen molar-refractivity contribution in [2.45, 2.75) is 18.9 Å². The van der Waals surface area contributed by atoms with Gasteiger partial charge in [-0.1, -0.05) is 0 Å². The Kier molecular flexibility index (Phi) is 5.46. The highest BCUT2D eigenvalue weighted by atomic mass is 19.1. The highest BCUT2D eigenvalue weighted by Crippen LogP contribution is 2.27. The topological polar surface area (TPSA) is 48.5 Å². The van der Waals surface area contributed by atoms with Gasteiger partial charge in [0.15, 0.2) is 0 Å². The molecule has 1 aliphatic heterocycles. The minimum absolute atomic E-state index is 0.132. The lowest BCUT2D eigenvalue weighted by atomic mass is 10.0. The molecule has 0 radical (unpaired) electrons. The number of benzene rings is 1. The zero-order chi connectivity index (χ0) is 18.7. The molecule has 1 aliphatic rings. The number of hydrogen-bond donors (Lipinski definition) is 1. The van der Waals surface area contributed by atoms with E-state index in [2.05, 4.69) is 29.3 Å². The third kappa shape index (κ3) is 4.16. The van der Waals surface area contributed by atoms with Crippen LogP contribution in [0.25, 0.3) is 0 Å². The van der Waals surface area contributed by atoms with Gasteiger partial charge in [0.2, 0.25) is 5.95 Å². The quantitative estimate of drug-likeness (QED) is 0.851. The molecule has 1 saturated heterocycles. The molecule has 0 bridgehead atoms. The molecule has 0 saturated carbocycles. The Morgan fingerprint density at radius 2 is 1.92 bits per heavy atom. The molecule has 0 aliphatic carbocycles. The zero-order valence-corrected chi connectivity index (χ0v) is 14.9. The molecule has 0 unspecified atom stereocenters. The number of carbonyl (C=O) groups is 1. The SMILES string of the molecule is CN(C)C1CCN(c2ccc(NC(=O)c3ccnc(F)c3)cc2F)CC1. The molecule has 1 amide bonds. The predicted octanol–water partition coefficient (Wildman–Crippen LogP) is 3.14. The van der Waals surface area contributed by atoms with Gasteiger partial charge in [0.05, 0.1) is 5.69 Å². The summed E-state index contributed by atoms with van der Waals surface area (Å²) in [6.45, 7) is 1.59. The average Bonchev–Trinajstić information content (AvgIpc) is 2.62. The Bertz CT molecular complexity index is 789. The largest absolute Gasteiger partial charge is 0.369 e. The van der Waals surface area contributed by atoms with Crippen LogP contribution in [0.1, 0.15) is 23.2 Å². The fourth-order valence-electron chi connectivity index (χ4n) is 3.21. The highest BCUT2D eigenvalue weighted by Gasteiger charge is 2.22. The summed E-state index contributed by atoms with van der Waals surface area (Å²) < 4.78 is 27.6. The molecular weight excluding hydrogens is 338 g/mol. The Labute approximate surface area is 151 Å². The maximum atomic E-state index is 14.5. The third-order valence-corrected chi connectivity index (χ3v) is 4.73. The van der Waals surface area contributed by atoms with Crippen LogP contribution < -0.4 is 10.2 Å². The van der Waals surface area contributed by atoms with E-state index in [1.807, 2.05) is 4.90 Å². The first-order valence-corrected chi connectivity index (χ1v) is 8.58. The number of aromatic nitrogens is 1. The smallest absolute Gasteiger partial charge is 0.255 e. The van der Waals surface area contributed by atoms with E-state index in [1.54, 1.807) is 12.1 Å². The van der Waals surface area contributed by atoms with Gasteiger partial charge in [-0.05, 0) is 51.2 Å². The van der Waals surface area contributed by atoms with Crippen molar-refractivity contribution in [1.29, 1.82) is 0 Å². The van der Waals surface area contributed by atoms with Gasteiger partial charge in [-0.25, -0.2) is 9.37 Å². The van der Waals surface area contributed by atoms with E-state index in [-0.39, 0.29) is 11.4 Å². The molecule has 0 spiro atoms. The zero-order valence-electron chi connectivity index (χ0n) is 14.9. The van der Waals surface area contributed by atoms with E-state index in [4.69, 9.17) is 0 Å². The van der Waals surface area contributed by atoms with Crippen LogP contribution in [0.5, 0.6) is 0 Å². The van der Waals surface area contributed by atoms with Crippen molar-refractivity contribution in [3.63, 3.8) is 0 Å². The fraction of sp³-hybridized carbons (Fsp3) is 0.368. The van der Waals surface area contributed by atoms with Gasteiger partial charge in [0, 0.05) is 42.6 Å². The molecule has 138 valence electrons. The van der Waals surface area contributed by atoms with Crippen LogP contribution in [0.2, 0.25) is 0 Å². The molecule has 7 heteroatoms. The number of pyridine rings is 1. The second kappa shape index (κ2) is 7.78. The minimum atomic E-state index is -0.736. The van der Waals surface area contributed by atoms with Gasteiger partial charge in [-0.3, -0.25) is 4.79 Å². The van der Waals surface area contributed by atoms with Gasteiger partial charge < -0.3 is 15.1 Å². The number of nitrogens with one attached hydrogen (secondary N) is 1. The maximum absolute atomic E-state index is 14.5. The summed E-state index contributed by atoms with van der Waals surface area (Å²) in [5.74, 6) is -1.63. The Balaban J connectivity index is 1.67. The first-order valence-electron chi connectivity index (χ1n) is 8.58. The van der Waals surface area contributed by atoms with Crippen molar-refractivity contribution in [2.24, 2.45) is 0 Å². The standard InChI is InChI=1S/C19H22F2N4O/c1-24(2)15-6-9-25(10-7-15)17-4-3-14(12-16(17)20)23-19(26)13-5-8-22-18(21)11-13/h3-5,8,11-12,15H,6-7,9-10H2,1-2H3,(H,23,26). The molecule has 2 heterocycles. The van der Waals surface area contributed by atoms with Crippen molar-refractivity contribution in [3.8, 4) is 0 Å². The molecule has 1 N–H and O–H groups in total. The van der Waals surface area contributed by atoms with Gasteiger partial charge in [-0.15, -0.1) is 0 Å². The molecule has 2 aromatic rings. The predicted molar refractivity (Wildman–Crippen MR) is 97.5 cm³/mol. The molecule has 0 atom stereocenters. The minimum Gasteiger partial charge on any atom is -0.369 e. The monoisotopic (exact) mass is 360 g/mol. The van der Waals surface area contributed by atoms with Crippen molar-refractivity contribution in [1.82, 2.24) is 9.88 Å². The molecule has 5 nitrogen and oxygen atoms in total. The van der Waals surface area contributed by atoms with E-state index in [0.717, 1.165) is 32.0 Å². The van der Waals surface area contributed by atoms with Crippen LogP contribution in [0.3, 0.4) is 0 Å². The lowest BCUT2D eigenvalue weighted by Gasteiger charge is -2.36. The number of hydrogen-bond acceptors (Lipinski definition) is 4. The van der Waals surface area contributed by atoms with Crippen LogP contribution in [-0.2, 0) is 0 Å². The maximum Gasteiger partial charge on any atom is 0.255 e. The van der Waals surface area contributed by atoms with Crippen molar-refractivity contribution in [3.05, 3.63) is 53.9 Å². The van der Waals surface area contributed by atoms with E-state index in [9.17, 15) is 13.6 Å². The first kappa shape index (κ1) is 18.3. The lowest BCUT2D eigenvalue weighted by Crippen LogP contribution is -2.42. The summed E-state index contributed by atoms with van der Waals surface area (Å²) in [6, 6.07) is 7.59. The van der Waals surface area contributed by atoms with Crippen LogP contribution in [-0.4, -0.2) is 49.0 Å². The number of nitrogens with zero attached hydrogens (tertiary/aromatic N) is 3. The summed E-state index contributed by atoms with van der Waals surface area (Å²) in [4.78, 5) is 19.8. The number of piperidine rings is 1. The molecule has 3 rings (SSSR count). The van der Waals surface area contributed by atoms with Crippen molar-refractivity contribution >= 4 is 17.3 Å². The molecular formula is C19H22F2N4O. The summed E-state index contributed by atoms with van der Waals surface area (Å²) in [5, 5.41) is 2.58. The van der Waals surface area contributed by atoms with Crippen LogP contribution in [0.15, 0.2) is 36.5 Å². The summed E-state index contributed by atoms with van der Waals surface area (Å²) in [6.07, 6.45) is 3.18.